The summed E-state index contributed by atoms with van der Waals surface area (Å²) in [6.07, 6.45) is 3.77. The number of nitriles is 1. The Hall–Kier alpha value is -0.590. The number of likely N-dealkylation sites (N-methyl/N-ethyl adjacent to an activating group) is 1. The molecule has 3 unspecified atom stereocenters. The van der Waals surface area contributed by atoms with Gasteiger partial charge in [0, 0.05) is 18.6 Å². The van der Waals surface area contributed by atoms with Gasteiger partial charge in [0.1, 0.15) is 6.04 Å². The van der Waals surface area contributed by atoms with Crippen LogP contribution in [0.3, 0.4) is 0 Å². The fraction of sp³-hybridized carbons (Fsp3) is 0.909. The highest BCUT2D eigenvalue weighted by atomic mass is 15.2. The van der Waals surface area contributed by atoms with Gasteiger partial charge in [0.25, 0.3) is 0 Å². The first-order valence-electron chi connectivity index (χ1n) is 5.55. The van der Waals surface area contributed by atoms with E-state index in [1.54, 1.807) is 0 Å². The van der Waals surface area contributed by atoms with Gasteiger partial charge in [-0.05, 0) is 33.2 Å². The number of nitrogens with zero attached hydrogens (tertiary/aromatic N) is 2. The van der Waals surface area contributed by atoms with E-state index in [1.165, 1.54) is 19.3 Å². The average molecular weight is 195 g/mol. The first kappa shape index (κ1) is 11.5. The average Bonchev–Trinajstić information content (AvgIpc) is 2.56. The van der Waals surface area contributed by atoms with Crippen molar-refractivity contribution in [3.8, 4) is 6.07 Å². The molecule has 0 aromatic carbocycles. The standard InChI is InChI=1S/C11H21N3/c1-4-11-6-5-9(2)14(11)8-10(7-12)13-3/h9-11,13H,4-6,8H2,1-3H3. The lowest BCUT2D eigenvalue weighted by Gasteiger charge is -2.29. The van der Waals surface area contributed by atoms with Crippen LogP contribution < -0.4 is 5.32 Å². The zero-order valence-electron chi connectivity index (χ0n) is 9.45. The van der Waals surface area contributed by atoms with Crippen molar-refractivity contribution in [3.63, 3.8) is 0 Å². The summed E-state index contributed by atoms with van der Waals surface area (Å²) in [4.78, 5) is 2.48. The molecule has 0 radical (unpaired) electrons. The maximum atomic E-state index is 8.89. The molecule has 80 valence electrons. The molecule has 14 heavy (non-hydrogen) atoms. The zero-order chi connectivity index (χ0) is 10.6. The fourth-order valence-corrected chi connectivity index (χ4v) is 2.30. The number of hydrogen-bond acceptors (Lipinski definition) is 3. The number of hydrogen-bond donors (Lipinski definition) is 1. The molecule has 1 saturated heterocycles. The summed E-state index contributed by atoms with van der Waals surface area (Å²) in [5.41, 5.74) is 0. The van der Waals surface area contributed by atoms with Gasteiger partial charge in [-0.15, -0.1) is 0 Å². The largest absolute Gasteiger partial charge is 0.304 e. The van der Waals surface area contributed by atoms with Crippen LogP contribution in [-0.4, -0.2) is 36.6 Å². The van der Waals surface area contributed by atoms with E-state index in [0.29, 0.717) is 12.1 Å². The summed E-state index contributed by atoms with van der Waals surface area (Å²) < 4.78 is 0. The minimum atomic E-state index is -0.0235. The first-order valence-corrected chi connectivity index (χ1v) is 5.55. The van der Waals surface area contributed by atoms with Crippen LogP contribution in [0.4, 0.5) is 0 Å². The van der Waals surface area contributed by atoms with E-state index in [4.69, 9.17) is 5.26 Å². The molecular formula is C11H21N3. The lowest BCUT2D eigenvalue weighted by atomic mass is 10.1. The molecule has 1 fully saturated rings. The second-order valence-electron chi connectivity index (χ2n) is 4.16. The first-order chi connectivity index (χ1) is 6.72. The Balaban J connectivity index is 2.52. The SMILES string of the molecule is CCC1CCC(C)N1CC(C#N)NC. The molecule has 0 saturated carbocycles. The Morgan fingerprint density at radius 1 is 1.57 bits per heavy atom. The zero-order valence-corrected chi connectivity index (χ0v) is 9.45. The molecule has 3 nitrogen and oxygen atoms in total. The van der Waals surface area contributed by atoms with Gasteiger partial charge >= 0.3 is 0 Å². The molecule has 1 N–H and O–H groups in total. The van der Waals surface area contributed by atoms with E-state index in [1.807, 2.05) is 7.05 Å². The third-order valence-electron chi connectivity index (χ3n) is 3.32. The Bertz CT molecular complexity index is 209. The van der Waals surface area contributed by atoms with Crippen LogP contribution >= 0.6 is 0 Å². The Kier molecular flexibility index (Phi) is 4.37. The summed E-state index contributed by atoms with van der Waals surface area (Å²) >= 11 is 0. The summed E-state index contributed by atoms with van der Waals surface area (Å²) in [6.45, 7) is 5.36. The highest BCUT2D eigenvalue weighted by molar-refractivity contribution is 4.95. The van der Waals surface area contributed by atoms with Gasteiger partial charge in [-0.3, -0.25) is 4.90 Å². The second-order valence-corrected chi connectivity index (χ2v) is 4.16. The summed E-state index contributed by atoms with van der Waals surface area (Å²) in [5, 5.41) is 11.9. The van der Waals surface area contributed by atoms with Gasteiger partial charge in [-0.2, -0.15) is 5.26 Å². The van der Waals surface area contributed by atoms with E-state index in [9.17, 15) is 0 Å². The number of rotatable bonds is 4. The van der Waals surface area contributed by atoms with Crippen molar-refractivity contribution in [1.29, 1.82) is 5.26 Å². The molecule has 1 rings (SSSR count). The summed E-state index contributed by atoms with van der Waals surface area (Å²) in [5.74, 6) is 0. The molecular weight excluding hydrogens is 174 g/mol. The van der Waals surface area contributed by atoms with E-state index < -0.39 is 0 Å². The van der Waals surface area contributed by atoms with Crippen molar-refractivity contribution in [1.82, 2.24) is 10.2 Å². The normalized spacial score (nSPS) is 30.1. The maximum absolute atomic E-state index is 8.89. The van der Waals surface area contributed by atoms with Crippen LogP contribution in [0.5, 0.6) is 0 Å². The summed E-state index contributed by atoms with van der Waals surface area (Å²) in [7, 11) is 1.86. The highest BCUT2D eigenvalue weighted by Crippen LogP contribution is 2.25. The topological polar surface area (TPSA) is 39.1 Å². The molecule has 3 atom stereocenters. The van der Waals surface area contributed by atoms with Crippen molar-refractivity contribution in [3.05, 3.63) is 0 Å². The van der Waals surface area contributed by atoms with Gasteiger partial charge in [-0.1, -0.05) is 6.92 Å². The molecule has 1 aliphatic rings. The van der Waals surface area contributed by atoms with Gasteiger partial charge in [0.15, 0.2) is 0 Å². The van der Waals surface area contributed by atoms with E-state index >= 15 is 0 Å². The van der Waals surface area contributed by atoms with Crippen LogP contribution in [0.1, 0.15) is 33.1 Å². The van der Waals surface area contributed by atoms with Crippen molar-refractivity contribution in [2.45, 2.75) is 51.2 Å². The van der Waals surface area contributed by atoms with Gasteiger partial charge in [0.2, 0.25) is 0 Å². The molecule has 0 aliphatic carbocycles. The quantitative estimate of drug-likeness (QED) is 0.736. The molecule has 0 aromatic heterocycles. The predicted molar refractivity (Wildman–Crippen MR) is 57.9 cm³/mol. The van der Waals surface area contributed by atoms with Gasteiger partial charge < -0.3 is 5.32 Å². The van der Waals surface area contributed by atoms with Crippen LogP contribution in [0.15, 0.2) is 0 Å². The minimum Gasteiger partial charge on any atom is -0.304 e. The third kappa shape index (κ3) is 2.46. The number of likely N-dealkylation sites (tertiary alicyclic amines) is 1. The molecule has 3 heteroatoms. The number of nitrogens with one attached hydrogen (secondary N) is 1. The summed E-state index contributed by atoms with van der Waals surface area (Å²) in [6, 6.07) is 3.60. The monoisotopic (exact) mass is 195 g/mol. The smallest absolute Gasteiger partial charge is 0.108 e. The van der Waals surface area contributed by atoms with E-state index in [-0.39, 0.29) is 6.04 Å². The van der Waals surface area contributed by atoms with Crippen molar-refractivity contribution < 1.29 is 0 Å². The van der Waals surface area contributed by atoms with Crippen molar-refractivity contribution in [2.24, 2.45) is 0 Å². The van der Waals surface area contributed by atoms with Gasteiger partial charge in [0.05, 0.1) is 6.07 Å². The molecule has 0 amide bonds. The Morgan fingerprint density at radius 2 is 2.29 bits per heavy atom. The highest BCUT2D eigenvalue weighted by Gasteiger charge is 2.30. The fourth-order valence-electron chi connectivity index (χ4n) is 2.30. The maximum Gasteiger partial charge on any atom is 0.108 e. The van der Waals surface area contributed by atoms with Gasteiger partial charge in [-0.25, -0.2) is 0 Å². The second kappa shape index (κ2) is 5.33. The van der Waals surface area contributed by atoms with Crippen LogP contribution in [0, 0.1) is 11.3 Å². The molecule has 0 aromatic rings. The van der Waals surface area contributed by atoms with Crippen molar-refractivity contribution >= 4 is 0 Å². The lowest BCUT2D eigenvalue weighted by molar-refractivity contribution is 0.189. The van der Waals surface area contributed by atoms with E-state index in [2.05, 4.69) is 30.1 Å². The predicted octanol–water partition coefficient (Wildman–Crippen LogP) is 1.36. The lowest BCUT2D eigenvalue weighted by Crippen LogP contribution is -2.43. The third-order valence-corrected chi connectivity index (χ3v) is 3.32. The van der Waals surface area contributed by atoms with Crippen LogP contribution in [0.25, 0.3) is 0 Å². The van der Waals surface area contributed by atoms with Crippen molar-refractivity contribution in [2.75, 3.05) is 13.6 Å². The Morgan fingerprint density at radius 3 is 2.79 bits per heavy atom. The molecule has 0 spiro atoms. The van der Waals surface area contributed by atoms with E-state index in [0.717, 1.165) is 6.54 Å². The Labute approximate surface area is 87.1 Å². The van der Waals surface area contributed by atoms with Crippen LogP contribution in [-0.2, 0) is 0 Å². The minimum absolute atomic E-state index is 0.0235. The molecule has 1 aliphatic heterocycles. The van der Waals surface area contributed by atoms with Crippen LogP contribution in [0.2, 0.25) is 0 Å². The molecule has 1 heterocycles. The molecule has 0 bridgehead atoms.